The fourth-order valence-corrected chi connectivity index (χ4v) is 2.43. The van der Waals surface area contributed by atoms with Crippen molar-refractivity contribution in [2.24, 2.45) is 0 Å². The molecular formula is C15H14N2O2. The summed E-state index contributed by atoms with van der Waals surface area (Å²) in [7, 11) is 0. The molecule has 0 unspecified atom stereocenters. The summed E-state index contributed by atoms with van der Waals surface area (Å²) in [5.74, 6) is -0.437. The van der Waals surface area contributed by atoms with Gasteiger partial charge in [0.25, 0.3) is 5.91 Å². The van der Waals surface area contributed by atoms with Crippen molar-refractivity contribution in [2.45, 2.75) is 11.6 Å². The van der Waals surface area contributed by atoms with E-state index in [4.69, 9.17) is 0 Å². The first-order valence-electron chi connectivity index (χ1n) is 6.12. The SMILES string of the molecule is O=C1NN[C@H](c2ccccc2)[C@@]1(O)c1ccccc1. The van der Waals surface area contributed by atoms with Crippen LogP contribution in [0, 0.1) is 0 Å². The van der Waals surface area contributed by atoms with E-state index in [9.17, 15) is 9.90 Å². The fraction of sp³-hybridized carbons (Fsp3) is 0.133. The summed E-state index contributed by atoms with van der Waals surface area (Å²) in [5, 5.41) is 10.9. The molecule has 4 nitrogen and oxygen atoms in total. The lowest BCUT2D eigenvalue weighted by molar-refractivity contribution is -0.137. The molecule has 3 rings (SSSR count). The van der Waals surface area contributed by atoms with Gasteiger partial charge in [0.2, 0.25) is 0 Å². The molecule has 0 radical (unpaired) electrons. The van der Waals surface area contributed by atoms with Crippen LogP contribution in [0.25, 0.3) is 0 Å². The van der Waals surface area contributed by atoms with Gasteiger partial charge in [0, 0.05) is 0 Å². The molecule has 0 aromatic heterocycles. The summed E-state index contributed by atoms with van der Waals surface area (Å²) in [5.41, 5.74) is 5.22. The van der Waals surface area contributed by atoms with Gasteiger partial charge >= 0.3 is 0 Å². The number of hydrogen-bond donors (Lipinski definition) is 3. The van der Waals surface area contributed by atoms with E-state index in [2.05, 4.69) is 10.9 Å². The van der Waals surface area contributed by atoms with Gasteiger partial charge in [-0.05, 0) is 11.1 Å². The second-order valence-corrected chi connectivity index (χ2v) is 4.57. The summed E-state index contributed by atoms with van der Waals surface area (Å²) < 4.78 is 0. The van der Waals surface area contributed by atoms with Crippen molar-refractivity contribution in [1.29, 1.82) is 0 Å². The zero-order chi connectivity index (χ0) is 13.3. The number of hydrazine groups is 1. The van der Waals surface area contributed by atoms with E-state index in [-0.39, 0.29) is 0 Å². The number of hydrogen-bond acceptors (Lipinski definition) is 3. The Balaban J connectivity index is 2.09. The smallest absolute Gasteiger partial charge is 0.272 e. The third-order valence-corrected chi connectivity index (χ3v) is 3.44. The van der Waals surface area contributed by atoms with E-state index in [0.717, 1.165) is 5.56 Å². The lowest BCUT2D eigenvalue weighted by Gasteiger charge is -2.26. The van der Waals surface area contributed by atoms with Crippen LogP contribution in [0.5, 0.6) is 0 Å². The summed E-state index contributed by atoms with van der Waals surface area (Å²) in [6.07, 6.45) is 0. The molecule has 1 fully saturated rings. The molecule has 2 aromatic carbocycles. The van der Waals surface area contributed by atoms with Crippen molar-refractivity contribution in [1.82, 2.24) is 10.9 Å². The maximum absolute atomic E-state index is 12.1. The van der Waals surface area contributed by atoms with Gasteiger partial charge in [-0.25, -0.2) is 5.43 Å². The Hall–Kier alpha value is -2.17. The molecule has 0 saturated carbocycles. The van der Waals surface area contributed by atoms with Crippen LogP contribution in [0.2, 0.25) is 0 Å². The van der Waals surface area contributed by atoms with Gasteiger partial charge in [-0.15, -0.1) is 0 Å². The highest BCUT2D eigenvalue weighted by atomic mass is 16.3. The van der Waals surface area contributed by atoms with Crippen molar-refractivity contribution in [3.63, 3.8) is 0 Å². The van der Waals surface area contributed by atoms with Gasteiger partial charge in [-0.3, -0.25) is 10.2 Å². The number of rotatable bonds is 2. The summed E-state index contributed by atoms with van der Waals surface area (Å²) in [6, 6.07) is 17.9. The van der Waals surface area contributed by atoms with E-state index in [0.29, 0.717) is 5.56 Å². The molecule has 96 valence electrons. The minimum absolute atomic E-state index is 0.437. The van der Waals surface area contributed by atoms with E-state index in [1.54, 1.807) is 24.3 Å². The second kappa shape index (κ2) is 4.50. The van der Waals surface area contributed by atoms with Crippen LogP contribution in [0.15, 0.2) is 60.7 Å². The first kappa shape index (κ1) is 11.9. The lowest BCUT2D eigenvalue weighted by atomic mass is 9.83. The highest BCUT2D eigenvalue weighted by Crippen LogP contribution is 2.37. The third kappa shape index (κ3) is 1.82. The van der Waals surface area contributed by atoms with E-state index in [1.165, 1.54) is 0 Å². The summed E-state index contributed by atoms with van der Waals surface area (Å²) in [6.45, 7) is 0. The van der Waals surface area contributed by atoms with Crippen LogP contribution in [0.3, 0.4) is 0 Å². The first-order valence-corrected chi connectivity index (χ1v) is 6.12. The van der Waals surface area contributed by atoms with Gasteiger partial charge in [0.05, 0.1) is 6.04 Å². The van der Waals surface area contributed by atoms with Gasteiger partial charge in [-0.1, -0.05) is 60.7 Å². The lowest BCUT2D eigenvalue weighted by Crippen LogP contribution is -2.38. The monoisotopic (exact) mass is 254 g/mol. The molecule has 3 N–H and O–H groups in total. The third-order valence-electron chi connectivity index (χ3n) is 3.44. The highest BCUT2D eigenvalue weighted by Gasteiger charge is 2.51. The molecule has 4 heteroatoms. The Kier molecular flexibility index (Phi) is 2.81. The van der Waals surface area contributed by atoms with Crippen LogP contribution in [-0.2, 0) is 10.4 Å². The van der Waals surface area contributed by atoms with Crippen molar-refractivity contribution in [2.75, 3.05) is 0 Å². The zero-order valence-corrected chi connectivity index (χ0v) is 10.2. The predicted molar refractivity (Wildman–Crippen MR) is 70.8 cm³/mol. The minimum atomic E-state index is -1.59. The number of benzene rings is 2. The Bertz CT molecular complexity index is 586. The van der Waals surface area contributed by atoms with Gasteiger partial charge in [0.15, 0.2) is 5.60 Å². The van der Waals surface area contributed by atoms with Crippen LogP contribution in [0.4, 0.5) is 0 Å². The number of aliphatic hydroxyl groups is 1. The molecule has 0 bridgehead atoms. The number of carbonyl (C=O) groups is 1. The van der Waals surface area contributed by atoms with Crippen molar-refractivity contribution in [3.8, 4) is 0 Å². The Labute approximate surface area is 111 Å². The summed E-state index contributed by atoms with van der Waals surface area (Å²) in [4.78, 5) is 12.1. The maximum Gasteiger partial charge on any atom is 0.272 e. The molecule has 19 heavy (non-hydrogen) atoms. The molecule has 1 heterocycles. The second-order valence-electron chi connectivity index (χ2n) is 4.57. The average molecular weight is 254 g/mol. The highest BCUT2D eigenvalue weighted by molar-refractivity contribution is 5.89. The molecule has 0 spiro atoms. The molecule has 1 aliphatic rings. The van der Waals surface area contributed by atoms with Gasteiger partial charge in [-0.2, -0.15) is 0 Å². The summed E-state index contributed by atoms with van der Waals surface area (Å²) >= 11 is 0. The minimum Gasteiger partial charge on any atom is -0.374 e. The molecule has 2 atom stereocenters. The molecular weight excluding hydrogens is 240 g/mol. The maximum atomic E-state index is 12.1. The average Bonchev–Trinajstić information content (AvgIpc) is 2.78. The first-order chi connectivity index (χ1) is 9.23. The number of nitrogens with one attached hydrogen (secondary N) is 2. The van der Waals surface area contributed by atoms with E-state index < -0.39 is 17.6 Å². The Morgan fingerprint density at radius 3 is 2.16 bits per heavy atom. The van der Waals surface area contributed by atoms with Crippen molar-refractivity contribution in [3.05, 3.63) is 71.8 Å². The zero-order valence-electron chi connectivity index (χ0n) is 10.2. The molecule has 0 aliphatic carbocycles. The van der Waals surface area contributed by atoms with E-state index in [1.807, 2.05) is 36.4 Å². The predicted octanol–water partition coefficient (Wildman–Crippen LogP) is 1.25. The normalized spacial score (nSPS) is 26.2. The number of amides is 1. The van der Waals surface area contributed by atoms with Crippen LogP contribution in [-0.4, -0.2) is 11.0 Å². The molecule has 1 saturated heterocycles. The van der Waals surface area contributed by atoms with Crippen LogP contribution < -0.4 is 10.9 Å². The molecule has 2 aromatic rings. The van der Waals surface area contributed by atoms with Gasteiger partial charge in [0.1, 0.15) is 0 Å². The Morgan fingerprint density at radius 2 is 1.53 bits per heavy atom. The van der Waals surface area contributed by atoms with Crippen molar-refractivity contribution >= 4 is 5.91 Å². The quantitative estimate of drug-likeness (QED) is 0.756. The molecule has 1 amide bonds. The fourth-order valence-electron chi connectivity index (χ4n) is 2.43. The van der Waals surface area contributed by atoms with Gasteiger partial charge < -0.3 is 5.11 Å². The van der Waals surface area contributed by atoms with Crippen LogP contribution >= 0.6 is 0 Å². The number of carbonyl (C=O) groups excluding carboxylic acids is 1. The van der Waals surface area contributed by atoms with E-state index >= 15 is 0 Å². The largest absolute Gasteiger partial charge is 0.374 e. The Morgan fingerprint density at radius 1 is 0.947 bits per heavy atom. The molecule has 1 aliphatic heterocycles. The topological polar surface area (TPSA) is 61.4 Å². The standard InChI is InChI=1S/C15H14N2O2/c18-14-15(19,12-9-5-2-6-10-12)13(16-17-14)11-7-3-1-4-8-11/h1-10,13,16,19H,(H,17,18)/t13-,15+/m1/s1. The van der Waals surface area contributed by atoms with Crippen molar-refractivity contribution < 1.29 is 9.90 Å². The van der Waals surface area contributed by atoms with Crippen LogP contribution in [0.1, 0.15) is 17.2 Å².